The van der Waals surface area contributed by atoms with Crippen LogP contribution in [0.3, 0.4) is 0 Å². The summed E-state index contributed by atoms with van der Waals surface area (Å²) in [5.74, 6) is 0.176. The van der Waals surface area contributed by atoms with Gasteiger partial charge in [-0.2, -0.15) is 0 Å². The van der Waals surface area contributed by atoms with E-state index in [-0.39, 0.29) is 11.7 Å². The summed E-state index contributed by atoms with van der Waals surface area (Å²) in [5.41, 5.74) is 8.88. The van der Waals surface area contributed by atoms with Gasteiger partial charge in [0.1, 0.15) is 5.65 Å². The zero-order valence-corrected chi connectivity index (χ0v) is 19.1. The van der Waals surface area contributed by atoms with Crippen molar-refractivity contribution in [2.24, 2.45) is 0 Å². The Labute approximate surface area is 200 Å². The fourth-order valence-corrected chi connectivity index (χ4v) is 6.22. The molecule has 0 saturated heterocycles. The molecule has 4 heteroatoms. The predicted molar refractivity (Wildman–Crippen MR) is 140 cm³/mol. The van der Waals surface area contributed by atoms with Gasteiger partial charge in [0.05, 0.1) is 0 Å². The van der Waals surface area contributed by atoms with E-state index in [4.69, 9.17) is 0 Å². The monoisotopic (exact) mass is 456 g/mol. The summed E-state index contributed by atoms with van der Waals surface area (Å²) in [6, 6.07) is 27.7. The number of thiophene rings is 1. The number of aromatic amines is 1. The van der Waals surface area contributed by atoms with E-state index in [1.807, 2.05) is 18.3 Å². The Kier molecular flexibility index (Phi) is 4.29. The fraction of sp³-hybridized carbons (Fsp3) is 0.0667. The maximum absolute atomic E-state index is 13.6. The molecule has 1 unspecified atom stereocenters. The number of nitrogens with one attached hydrogen (secondary N) is 1. The zero-order chi connectivity index (χ0) is 22.6. The number of rotatable bonds is 4. The van der Waals surface area contributed by atoms with Crippen LogP contribution in [0.2, 0.25) is 0 Å². The number of pyridine rings is 1. The number of carbonyl (C=O) groups excluding carboxylic acids is 1. The van der Waals surface area contributed by atoms with Crippen molar-refractivity contribution in [2.75, 3.05) is 0 Å². The van der Waals surface area contributed by atoms with Crippen molar-refractivity contribution in [3.63, 3.8) is 0 Å². The van der Waals surface area contributed by atoms with Gasteiger partial charge in [-0.15, -0.1) is 11.3 Å². The molecule has 0 amide bonds. The highest BCUT2D eigenvalue weighted by molar-refractivity contribution is 7.17. The molecule has 1 aliphatic rings. The second-order valence-corrected chi connectivity index (χ2v) is 9.76. The van der Waals surface area contributed by atoms with Crippen molar-refractivity contribution in [1.82, 2.24) is 9.97 Å². The predicted octanol–water partition coefficient (Wildman–Crippen LogP) is 7.83. The van der Waals surface area contributed by atoms with Gasteiger partial charge in [0.2, 0.25) is 0 Å². The van der Waals surface area contributed by atoms with Crippen molar-refractivity contribution in [3.05, 3.63) is 113 Å². The number of hydrogen-bond donors (Lipinski definition) is 1. The normalized spacial score (nSPS) is 14.4. The van der Waals surface area contributed by atoms with Crippen molar-refractivity contribution in [3.8, 4) is 22.3 Å². The number of carbonyl (C=O) groups is 1. The number of benzene rings is 3. The van der Waals surface area contributed by atoms with Crippen LogP contribution in [-0.4, -0.2) is 15.8 Å². The first-order chi connectivity index (χ1) is 16.8. The van der Waals surface area contributed by atoms with Crippen molar-refractivity contribution in [2.45, 2.75) is 12.3 Å². The summed E-state index contributed by atoms with van der Waals surface area (Å²) in [7, 11) is 0. The first-order valence-corrected chi connectivity index (χ1v) is 12.3. The number of hydrogen-bond acceptors (Lipinski definition) is 3. The van der Waals surface area contributed by atoms with Crippen LogP contribution in [0.5, 0.6) is 0 Å². The molecule has 0 aliphatic heterocycles. The van der Waals surface area contributed by atoms with Gasteiger partial charge in [-0.3, -0.25) is 4.79 Å². The van der Waals surface area contributed by atoms with E-state index in [2.05, 4.69) is 82.1 Å². The number of H-pyrrole nitrogens is 1. The van der Waals surface area contributed by atoms with Crippen molar-refractivity contribution >= 4 is 38.2 Å². The lowest BCUT2D eigenvalue weighted by Crippen LogP contribution is -2.07. The summed E-state index contributed by atoms with van der Waals surface area (Å²) in [5, 5.41) is 4.30. The third-order valence-electron chi connectivity index (χ3n) is 6.99. The summed E-state index contributed by atoms with van der Waals surface area (Å²) in [6.45, 7) is 0. The molecule has 1 aliphatic carbocycles. The van der Waals surface area contributed by atoms with Gasteiger partial charge in [-0.25, -0.2) is 4.98 Å². The summed E-state index contributed by atoms with van der Waals surface area (Å²) >= 11 is 1.77. The van der Waals surface area contributed by atoms with Crippen LogP contribution in [-0.2, 0) is 0 Å². The Morgan fingerprint density at radius 1 is 0.912 bits per heavy atom. The van der Waals surface area contributed by atoms with Crippen LogP contribution in [0.1, 0.15) is 33.8 Å². The maximum atomic E-state index is 13.6. The lowest BCUT2D eigenvalue weighted by atomic mass is 9.88. The van der Waals surface area contributed by atoms with E-state index in [0.717, 1.165) is 16.6 Å². The van der Waals surface area contributed by atoms with E-state index >= 15 is 0 Å². The number of ketones is 1. The Balaban J connectivity index is 1.36. The maximum Gasteiger partial charge on any atom is 0.164 e. The standard InChI is InChI=1S/C30H20N2OS/c33-27(22-10-13-31-30-25(22)11-14-32-30)17-26-21-4-1-2-5-23(21)29-20(6-3-7-24(26)29)18-8-9-28-19(16-18)12-15-34-28/h1-16,26H,17H2,(H,31,32). The topological polar surface area (TPSA) is 45.8 Å². The molecule has 3 aromatic carbocycles. The lowest BCUT2D eigenvalue weighted by Gasteiger charge is -2.14. The molecule has 0 bridgehead atoms. The first kappa shape index (κ1) is 19.4. The van der Waals surface area contributed by atoms with Crippen LogP contribution in [0.15, 0.2) is 96.6 Å². The van der Waals surface area contributed by atoms with Crippen LogP contribution in [0, 0.1) is 0 Å². The van der Waals surface area contributed by atoms with Crippen LogP contribution in [0.25, 0.3) is 43.4 Å². The average Bonchev–Trinajstić information content (AvgIpc) is 3.61. The molecule has 162 valence electrons. The first-order valence-electron chi connectivity index (χ1n) is 11.4. The molecule has 0 saturated carbocycles. The molecule has 34 heavy (non-hydrogen) atoms. The number of Topliss-reactive ketones (excluding diaryl/α,β-unsaturated/α-hetero) is 1. The van der Waals surface area contributed by atoms with Gasteiger partial charge in [0.25, 0.3) is 0 Å². The van der Waals surface area contributed by atoms with E-state index in [9.17, 15) is 4.79 Å². The third-order valence-corrected chi connectivity index (χ3v) is 7.89. The highest BCUT2D eigenvalue weighted by Gasteiger charge is 2.32. The van der Waals surface area contributed by atoms with Crippen LogP contribution >= 0.6 is 11.3 Å². The smallest absolute Gasteiger partial charge is 0.164 e. The minimum absolute atomic E-state index is 0.0330. The van der Waals surface area contributed by atoms with Gasteiger partial charge >= 0.3 is 0 Å². The lowest BCUT2D eigenvalue weighted by molar-refractivity contribution is 0.0979. The van der Waals surface area contributed by atoms with E-state index in [1.54, 1.807) is 17.5 Å². The van der Waals surface area contributed by atoms with Crippen LogP contribution in [0.4, 0.5) is 0 Å². The molecule has 3 nitrogen and oxygen atoms in total. The van der Waals surface area contributed by atoms with E-state index in [1.165, 1.54) is 43.5 Å². The molecule has 1 N–H and O–H groups in total. The van der Waals surface area contributed by atoms with Gasteiger partial charge in [-0.05, 0) is 74.5 Å². The molecule has 0 spiro atoms. The molecule has 3 aromatic heterocycles. The second kappa shape index (κ2) is 7.51. The molecule has 3 heterocycles. The van der Waals surface area contributed by atoms with Gasteiger partial charge in [-0.1, -0.05) is 48.5 Å². The average molecular weight is 457 g/mol. The number of nitrogens with zero attached hydrogens (tertiary/aromatic N) is 1. The van der Waals surface area contributed by atoms with E-state index in [0.29, 0.717) is 6.42 Å². The third kappa shape index (κ3) is 2.89. The highest BCUT2D eigenvalue weighted by Crippen LogP contribution is 2.50. The molecule has 1 atom stereocenters. The van der Waals surface area contributed by atoms with Gasteiger partial charge < -0.3 is 4.98 Å². The Morgan fingerprint density at radius 2 is 1.79 bits per heavy atom. The molecule has 7 rings (SSSR count). The van der Waals surface area contributed by atoms with Crippen molar-refractivity contribution < 1.29 is 4.79 Å². The highest BCUT2D eigenvalue weighted by atomic mass is 32.1. The number of fused-ring (bicyclic) bond motifs is 5. The molecular weight excluding hydrogens is 436 g/mol. The summed E-state index contributed by atoms with van der Waals surface area (Å²) < 4.78 is 1.30. The minimum atomic E-state index is 0.0330. The molecule has 0 fully saturated rings. The van der Waals surface area contributed by atoms with Crippen molar-refractivity contribution in [1.29, 1.82) is 0 Å². The van der Waals surface area contributed by atoms with Crippen LogP contribution < -0.4 is 0 Å². The minimum Gasteiger partial charge on any atom is -0.346 e. The Morgan fingerprint density at radius 3 is 2.76 bits per heavy atom. The molecule has 0 radical (unpaired) electrons. The van der Waals surface area contributed by atoms with Gasteiger partial charge in [0, 0.05) is 40.4 Å². The SMILES string of the molecule is O=C(CC1c2ccccc2-c2c(-c3ccc4sccc4c3)cccc21)c1ccnc2[nH]ccc12. The second-order valence-electron chi connectivity index (χ2n) is 8.81. The Bertz CT molecular complexity index is 1720. The summed E-state index contributed by atoms with van der Waals surface area (Å²) in [4.78, 5) is 21.0. The fourth-order valence-electron chi connectivity index (χ4n) is 5.45. The Hall–Kier alpha value is -4.02. The molecular formula is C30H20N2OS. The van der Waals surface area contributed by atoms with E-state index < -0.39 is 0 Å². The molecule has 6 aromatic rings. The van der Waals surface area contributed by atoms with Gasteiger partial charge in [0.15, 0.2) is 5.78 Å². The number of aromatic nitrogens is 2. The zero-order valence-electron chi connectivity index (χ0n) is 18.3. The summed E-state index contributed by atoms with van der Waals surface area (Å²) in [6.07, 6.45) is 3.98. The quantitative estimate of drug-likeness (QED) is 0.275. The largest absolute Gasteiger partial charge is 0.346 e.